The summed E-state index contributed by atoms with van der Waals surface area (Å²) in [6.45, 7) is 8.67. The molecule has 0 spiro atoms. The molecule has 2 aromatic rings. The average molecular weight is 317 g/mol. The molecular formula is C17H23N3OS. The van der Waals surface area contributed by atoms with Crippen LogP contribution in [0.1, 0.15) is 25.3 Å². The highest BCUT2D eigenvalue weighted by Crippen LogP contribution is 2.23. The van der Waals surface area contributed by atoms with Gasteiger partial charge in [0.2, 0.25) is 5.91 Å². The molecule has 2 heterocycles. The third kappa shape index (κ3) is 3.65. The normalized spacial score (nSPS) is 16.6. The molecule has 0 bridgehead atoms. The molecule has 5 heteroatoms. The number of rotatable bonds is 4. The monoisotopic (exact) mass is 317 g/mol. The van der Waals surface area contributed by atoms with Crippen molar-refractivity contribution in [2.45, 2.75) is 26.8 Å². The van der Waals surface area contributed by atoms with Crippen LogP contribution in [-0.2, 0) is 11.3 Å². The van der Waals surface area contributed by atoms with Crippen molar-refractivity contribution in [3.8, 4) is 0 Å². The van der Waals surface area contributed by atoms with Crippen molar-refractivity contribution in [1.29, 1.82) is 0 Å². The van der Waals surface area contributed by atoms with E-state index < -0.39 is 0 Å². The van der Waals surface area contributed by atoms with E-state index in [1.165, 1.54) is 9.71 Å². The second-order valence-corrected chi connectivity index (χ2v) is 7.45. The third-order valence-corrected chi connectivity index (χ3v) is 5.03. The fraction of sp³-hybridized carbons (Fsp3) is 0.529. The van der Waals surface area contributed by atoms with E-state index in [0.717, 1.165) is 38.2 Å². The van der Waals surface area contributed by atoms with E-state index in [9.17, 15) is 4.79 Å². The quantitative estimate of drug-likeness (QED) is 0.870. The van der Waals surface area contributed by atoms with E-state index in [1.54, 1.807) is 11.3 Å². The van der Waals surface area contributed by atoms with Crippen LogP contribution in [0.25, 0.3) is 10.2 Å². The summed E-state index contributed by atoms with van der Waals surface area (Å²) in [5, 5.41) is 1.17. The van der Waals surface area contributed by atoms with Crippen LogP contribution in [0.4, 0.5) is 0 Å². The van der Waals surface area contributed by atoms with Gasteiger partial charge in [-0.25, -0.2) is 4.98 Å². The summed E-state index contributed by atoms with van der Waals surface area (Å²) in [6, 6.07) is 8.28. The molecule has 4 nitrogen and oxygen atoms in total. The first-order chi connectivity index (χ1) is 10.6. The Morgan fingerprint density at radius 3 is 2.64 bits per heavy atom. The highest BCUT2D eigenvalue weighted by atomic mass is 32.1. The van der Waals surface area contributed by atoms with Gasteiger partial charge in [0.1, 0.15) is 5.01 Å². The van der Waals surface area contributed by atoms with Gasteiger partial charge in [-0.1, -0.05) is 26.0 Å². The molecule has 3 rings (SSSR count). The molecule has 1 aromatic heterocycles. The van der Waals surface area contributed by atoms with Gasteiger partial charge in [-0.15, -0.1) is 11.3 Å². The number of hydrogen-bond donors (Lipinski definition) is 0. The lowest BCUT2D eigenvalue weighted by atomic mass is 10.1. The van der Waals surface area contributed by atoms with Crippen molar-refractivity contribution < 1.29 is 4.79 Å². The number of fused-ring (bicyclic) bond motifs is 1. The molecule has 22 heavy (non-hydrogen) atoms. The molecule has 118 valence electrons. The van der Waals surface area contributed by atoms with E-state index in [2.05, 4.69) is 36.9 Å². The van der Waals surface area contributed by atoms with E-state index in [-0.39, 0.29) is 0 Å². The fourth-order valence-corrected chi connectivity index (χ4v) is 3.82. The van der Waals surface area contributed by atoms with Crippen LogP contribution >= 0.6 is 11.3 Å². The Hall–Kier alpha value is -1.46. The Balaban J connectivity index is 1.54. The second kappa shape index (κ2) is 6.75. The Morgan fingerprint density at radius 1 is 1.23 bits per heavy atom. The Kier molecular flexibility index (Phi) is 4.74. The van der Waals surface area contributed by atoms with Gasteiger partial charge in [-0.05, 0) is 18.1 Å². The van der Waals surface area contributed by atoms with E-state index in [0.29, 0.717) is 18.2 Å². The zero-order valence-corrected chi connectivity index (χ0v) is 14.1. The van der Waals surface area contributed by atoms with Crippen LogP contribution in [-0.4, -0.2) is 46.9 Å². The van der Waals surface area contributed by atoms with Crippen LogP contribution in [0.2, 0.25) is 0 Å². The molecule has 0 N–H and O–H groups in total. The summed E-state index contributed by atoms with van der Waals surface area (Å²) < 4.78 is 1.25. The molecule has 0 radical (unpaired) electrons. The molecule has 0 unspecified atom stereocenters. The molecule has 1 aliphatic heterocycles. The first-order valence-corrected chi connectivity index (χ1v) is 8.78. The first kappa shape index (κ1) is 15.4. The number of hydrogen-bond acceptors (Lipinski definition) is 4. The lowest BCUT2D eigenvalue weighted by molar-refractivity contribution is -0.133. The van der Waals surface area contributed by atoms with Crippen molar-refractivity contribution in [2.24, 2.45) is 5.92 Å². The van der Waals surface area contributed by atoms with Crippen molar-refractivity contribution in [2.75, 3.05) is 26.2 Å². The van der Waals surface area contributed by atoms with Crippen LogP contribution < -0.4 is 0 Å². The number of benzene rings is 1. The summed E-state index contributed by atoms with van der Waals surface area (Å²) in [7, 11) is 0. The number of aromatic nitrogens is 1. The minimum Gasteiger partial charge on any atom is -0.340 e. The van der Waals surface area contributed by atoms with E-state index >= 15 is 0 Å². The van der Waals surface area contributed by atoms with Crippen LogP contribution in [0.3, 0.4) is 0 Å². The van der Waals surface area contributed by atoms with Crippen molar-refractivity contribution >= 4 is 27.5 Å². The van der Waals surface area contributed by atoms with Gasteiger partial charge in [-0.3, -0.25) is 9.69 Å². The van der Waals surface area contributed by atoms with Gasteiger partial charge >= 0.3 is 0 Å². The minimum absolute atomic E-state index is 0.301. The van der Waals surface area contributed by atoms with Gasteiger partial charge in [0, 0.05) is 32.6 Å². The molecule has 1 aliphatic rings. The summed E-state index contributed by atoms with van der Waals surface area (Å²) in [5.74, 6) is 0.739. The Morgan fingerprint density at radius 2 is 1.95 bits per heavy atom. The number of amides is 1. The summed E-state index contributed by atoms with van der Waals surface area (Å²) in [5.41, 5.74) is 1.09. The van der Waals surface area contributed by atoms with Gasteiger partial charge in [0.15, 0.2) is 0 Å². The predicted molar refractivity (Wildman–Crippen MR) is 90.9 cm³/mol. The smallest absolute Gasteiger partial charge is 0.222 e. The maximum Gasteiger partial charge on any atom is 0.222 e. The van der Waals surface area contributed by atoms with Gasteiger partial charge in [0.05, 0.1) is 16.8 Å². The van der Waals surface area contributed by atoms with Crippen LogP contribution in [0, 0.1) is 5.92 Å². The van der Waals surface area contributed by atoms with Crippen LogP contribution in [0.5, 0.6) is 0 Å². The zero-order chi connectivity index (χ0) is 15.5. The largest absolute Gasteiger partial charge is 0.340 e. The molecule has 1 aromatic carbocycles. The number of carbonyl (C=O) groups is 1. The first-order valence-electron chi connectivity index (χ1n) is 7.96. The van der Waals surface area contributed by atoms with Gasteiger partial charge < -0.3 is 4.90 Å². The predicted octanol–water partition coefficient (Wildman–Crippen LogP) is 2.99. The van der Waals surface area contributed by atoms with Crippen molar-refractivity contribution in [1.82, 2.24) is 14.8 Å². The number of carbonyl (C=O) groups excluding carboxylic acids is 1. The topological polar surface area (TPSA) is 36.4 Å². The van der Waals surface area contributed by atoms with E-state index in [1.807, 2.05) is 11.0 Å². The Bertz CT molecular complexity index is 611. The second-order valence-electron chi connectivity index (χ2n) is 6.33. The zero-order valence-electron chi connectivity index (χ0n) is 13.3. The number of para-hydroxylation sites is 1. The van der Waals surface area contributed by atoms with Crippen LogP contribution in [0.15, 0.2) is 24.3 Å². The lowest BCUT2D eigenvalue weighted by Crippen LogP contribution is -2.48. The SMILES string of the molecule is CC(C)CC(=O)N1CCN(Cc2nc3ccccc3s2)CC1. The molecule has 0 aliphatic carbocycles. The highest BCUT2D eigenvalue weighted by Gasteiger charge is 2.22. The minimum atomic E-state index is 0.301. The van der Waals surface area contributed by atoms with E-state index in [4.69, 9.17) is 4.98 Å². The summed E-state index contributed by atoms with van der Waals surface area (Å²) >= 11 is 1.77. The molecule has 0 saturated carbocycles. The summed E-state index contributed by atoms with van der Waals surface area (Å²) in [6.07, 6.45) is 0.665. The molecular weight excluding hydrogens is 294 g/mol. The van der Waals surface area contributed by atoms with Crippen molar-refractivity contribution in [3.05, 3.63) is 29.3 Å². The molecule has 0 atom stereocenters. The maximum absolute atomic E-state index is 12.1. The molecule has 1 saturated heterocycles. The molecule has 1 fully saturated rings. The summed E-state index contributed by atoms with van der Waals surface area (Å²) in [4.78, 5) is 21.2. The number of thiazole rings is 1. The van der Waals surface area contributed by atoms with Crippen molar-refractivity contribution in [3.63, 3.8) is 0 Å². The fourth-order valence-electron chi connectivity index (χ4n) is 2.81. The number of nitrogens with zero attached hydrogens (tertiary/aromatic N) is 3. The highest BCUT2D eigenvalue weighted by molar-refractivity contribution is 7.18. The van der Waals surface area contributed by atoms with Gasteiger partial charge in [0.25, 0.3) is 0 Å². The lowest BCUT2D eigenvalue weighted by Gasteiger charge is -2.34. The maximum atomic E-state index is 12.1. The molecule has 1 amide bonds. The third-order valence-electron chi connectivity index (χ3n) is 4.00. The Labute approximate surface area is 135 Å². The average Bonchev–Trinajstić information content (AvgIpc) is 2.89. The standard InChI is InChI=1S/C17H23N3OS/c1-13(2)11-17(21)20-9-7-19(8-10-20)12-16-18-14-5-3-4-6-15(14)22-16/h3-6,13H,7-12H2,1-2H3. The number of piperazine rings is 1. The van der Waals surface area contributed by atoms with Gasteiger partial charge in [-0.2, -0.15) is 0 Å².